The van der Waals surface area contributed by atoms with Gasteiger partial charge in [0.2, 0.25) is 0 Å². The van der Waals surface area contributed by atoms with Crippen LogP contribution in [0.4, 0.5) is 0 Å². The maximum absolute atomic E-state index is 11.1. The summed E-state index contributed by atoms with van der Waals surface area (Å²) >= 11 is 0. The maximum atomic E-state index is 11.1. The zero-order valence-electron chi connectivity index (χ0n) is 11.1. The third-order valence-electron chi connectivity index (χ3n) is 3.27. The summed E-state index contributed by atoms with van der Waals surface area (Å²) in [6.45, 7) is 6.35. The van der Waals surface area contributed by atoms with Gasteiger partial charge < -0.3 is 5.32 Å². The standard InChI is InChI=1S/C12H26N2O2S/c1-3-7-13-11-12-6-4-8-14(12)9-5-10-17(2,15)16/h12-13H,3-11H2,1-2H3. The van der Waals surface area contributed by atoms with Gasteiger partial charge in [-0.25, -0.2) is 8.42 Å². The first-order valence-electron chi connectivity index (χ1n) is 6.65. The first-order valence-corrected chi connectivity index (χ1v) is 8.71. The van der Waals surface area contributed by atoms with E-state index in [1.54, 1.807) is 0 Å². The SMILES string of the molecule is CCCNCC1CCCN1CCCS(C)(=O)=O. The molecule has 0 aliphatic carbocycles. The minimum atomic E-state index is -2.80. The molecule has 5 heteroatoms. The van der Waals surface area contributed by atoms with E-state index in [-0.39, 0.29) is 0 Å². The lowest BCUT2D eigenvalue weighted by Gasteiger charge is -2.24. The highest BCUT2D eigenvalue weighted by atomic mass is 32.2. The van der Waals surface area contributed by atoms with Gasteiger partial charge in [0.1, 0.15) is 9.84 Å². The van der Waals surface area contributed by atoms with Gasteiger partial charge in [-0.2, -0.15) is 0 Å². The van der Waals surface area contributed by atoms with Crippen molar-refractivity contribution < 1.29 is 8.42 Å². The van der Waals surface area contributed by atoms with Gasteiger partial charge in [-0.1, -0.05) is 6.92 Å². The molecule has 1 rings (SSSR count). The van der Waals surface area contributed by atoms with Crippen molar-refractivity contribution in [3.8, 4) is 0 Å². The molecule has 0 spiro atoms. The number of likely N-dealkylation sites (tertiary alicyclic amines) is 1. The van der Waals surface area contributed by atoms with Crippen LogP contribution in [-0.2, 0) is 9.84 Å². The highest BCUT2D eigenvalue weighted by molar-refractivity contribution is 7.90. The Morgan fingerprint density at radius 3 is 2.82 bits per heavy atom. The minimum Gasteiger partial charge on any atom is -0.315 e. The van der Waals surface area contributed by atoms with Gasteiger partial charge in [-0.05, 0) is 45.3 Å². The van der Waals surface area contributed by atoms with Gasteiger partial charge in [-0.15, -0.1) is 0 Å². The summed E-state index contributed by atoms with van der Waals surface area (Å²) in [6, 6.07) is 0.612. The summed E-state index contributed by atoms with van der Waals surface area (Å²) in [5, 5.41) is 3.45. The van der Waals surface area contributed by atoms with Crippen molar-refractivity contribution in [2.45, 2.75) is 38.6 Å². The number of sulfone groups is 1. The predicted octanol–water partition coefficient (Wildman–Crippen LogP) is 0.885. The van der Waals surface area contributed by atoms with E-state index in [1.165, 1.54) is 25.5 Å². The average molecular weight is 262 g/mol. The van der Waals surface area contributed by atoms with Crippen LogP contribution in [0.1, 0.15) is 32.6 Å². The van der Waals surface area contributed by atoms with Crippen LogP contribution < -0.4 is 5.32 Å². The Hall–Kier alpha value is -0.130. The zero-order valence-corrected chi connectivity index (χ0v) is 11.9. The number of hydrogen-bond acceptors (Lipinski definition) is 4. The molecule has 0 aromatic heterocycles. The van der Waals surface area contributed by atoms with Crippen LogP contribution in [0.2, 0.25) is 0 Å². The van der Waals surface area contributed by atoms with E-state index >= 15 is 0 Å². The van der Waals surface area contributed by atoms with Crippen LogP contribution in [0.5, 0.6) is 0 Å². The second-order valence-corrected chi connectivity index (χ2v) is 7.28. The van der Waals surface area contributed by atoms with Crippen molar-refractivity contribution in [1.82, 2.24) is 10.2 Å². The number of nitrogens with one attached hydrogen (secondary N) is 1. The molecular formula is C12H26N2O2S. The predicted molar refractivity (Wildman–Crippen MR) is 72.1 cm³/mol. The van der Waals surface area contributed by atoms with E-state index in [2.05, 4.69) is 17.1 Å². The molecule has 0 bridgehead atoms. The Kier molecular flexibility index (Phi) is 6.44. The van der Waals surface area contributed by atoms with E-state index in [0.29, 0.717) is 11.8 Å². The Morgan fingerprint density at radius 2 is 2.18 bits per heavy atom. The topological polar surface area (TPSA) is 49.4 Å². The van der Waals surface area contributed by atoms with Crippen molar-refractivity contribution in [1.29, 1.82) is 0 Å². The van der Waals surface area contributed by atoms with Crippen LogP contribution in [0.3, 0.4) is 0 Å². The normalized spacial score (nSPS) is 22.1. The fraction of sp³-hybridized carbons (Fsp3) is 1.00. The van der Waals surface area contributed by atoms with Crippen molar-refractivity contribution in [2.24, 2.45) is 0 Å². The van der Waals surface area contributed by atoms with Gasteiger partial charge in [0.05, 0.1) is 5.75 Å². The molecule has 1 fully saturated rings. The molecule has 4 nitrogen and oxygen atoms in total. The molecule has 1 aliphatic rings. The molecule has 1 heterocycles. The lowest BCUT2D eigenvalue weighted by atomic mass is 10.2. The molecule has 0 radical (unpaired) electrons. The summed E-state index contributed by atoms with van der Waals surface area (Å²) in [4.78, 5) is 2.44. The fourth-order valence-corrected chi connectivity index (χ4v) is 3.05. The molecule has 0 saturated carbocycles. The lowest BCUT2D eigenvalue weighted by molar-refractivity contribution is 0.248. The monoisotopic (exact) mass is 262 g/mol. The van der Waals surface area contributed by atoms with E-state index in [0.717, 1.165) is 32.6 Å². The third-order valence-corrected chi connectivity index (χ3v) is 4.30. The minimum absolute atomic E-state index is 0.318. The van der Waals surface area contributed by atoms with Crippen molar-refractivity contribution in [2.75, 3.05) is 38.2 Å². The van der Waals surface area contributed by atoms with E-state index in [4.69, 9.17) is 0 Å². The third kappa shape index (κ3) is 6.38. The number of hydrogen-bond donors (Lipinski definition) is 1. The largest absolute Gasteiger partial charge is 0.315 e. The lowest BCUT2D eigenvalue weighted by Crippen LogP contribution is -2.39. The maximum Gasteiger partial charge on any atom is 0.147 e. The Bertz CT molecular complexity index is 304. The van der Waals surface area contributed by atoms with Crippen LogP contribution in [-0.4, -0.2) is 57.5 Å². The summed E-state index contributed by atoms with van der Waals surface area (Å²) in [5.41, 5.74) is 0. The first-order chi connectivity index (χ1) is 8.03. The van der Waals surface area contributed by atoms with Crippen LogP contribution in [0, 0.1) is 0 Å². The van der Waals surface area contributed by atoms with E-state index in [1.807, 2.05) is 0 Å². The van der Waals surface area contributed by atoms with Crippen LogP contribution in [0.15, 0.2) is 0 Å². The van der Waals surface area contributed by atoms with Gasteiger partial charge in [0.15, 0.2) is 0 Å². The number of nitrogens with zero attached hydrogens (tertiary/aromatic N) is 1. The summed E-state index contributed by atoms with van der Waals surface area (Å²) in [7, 11) is -2.80. The van der Waals surface area contributed by atoms with Crippen molar-refractivity contribution >= 4 is 9.84 Å². The van der Waals surface area contributed by atoms with Gasteiger partial charge >= 0.3 is 0 Å². The zero-order chi connectivity index (χ0) is 12.7. The quantitative estimate of drug-likeness (QED) is 0.660. The van der Waals surface area contributed by atoms with Gasteiger partial charge in [0.25, 0.3) is 0 Å². The highest BCUT2D eigenvalue weighted by Crippen LogP contribution is 2.16. The average Bonchev–Trinajstić information content (AvgIpc) is 2.64. The summed E-state index contributed by atoms with van der Waals surface area (Å²) in [6.07, 6.45) is 5.74. The summed E-state index contributed by atoms with van der Waals surface area (Å²) < 4.78 is 22.1. The molecule has 1 unspecified atom stereocenters. The molecular weight excluding hydrogens is 236 g/mol. The molecule has 102 valence electrons. The Balaban J connectivity index is 2.22. The van der Waals surface area contributed by atoms with Crippen LogP contribution in [0.25, 0.3) is 0 Å². The summed E-state index contributed by atoms with van der Waals surface area (Å²) in [5.74, 6) is 0.318. The molecule has 0 amide bonds. The Morgan fingerprint density at radius 1 is 1.41 bits per heavy atom. The fourth-order valence-electron chi connectivity index (χ4n) is 2.40. The van der Waals surface area contributed by atoms with E-state index in [9.17, 15) is 8.42 Å². The second-order valence-electron chi connectivity index (χ2n) is 5.02. The smallest absolute Gasteiger partial charge is 0.147 e. The van der Waals surface area contributed by atoms with Crippen molar-refractivity contribution in [3.63, 3.8) is 0 Å². The molecule has 1 atom stereocenters. The van der Waals surface area contributed by atoms with Crippen molar-refractivity contribution in [3.05, 3.63) is 0 Å². The Labute approximate surface area is 106 Å². The second kappa shape index (κ2) is 7.34. The van der Waals surface area contributed by atoms with Gasteiger partial charge in [-0.3, -0.25) is 4.90 Å². The molecule has 1 saturated heterocycles. The molecule has 17 heavy (non-hydrogen) atoms. The number of rotatable bonds is 8. The molecule has 0 aromatic rings. The molecule has 1 N–H and O–H groups in total. The van der Waals surface area contributed by atoms with E-state index < -0.39 is 9.84 Å². The molecule has 1 aliphatic heterocycles. The highest BCUT2D eigenvalue weighted by Gasteiger charge is 2.23. The van der Waals surface area contributed by atoms with Crippen LogP contribution >= 0.6 is 0 Å². The van der Waals surface area contributed by atoms with Gasteiger partial charge in [0, 0.05) is 18.8 Å². The molecule has 0 aromatic carbocycles. The first kappa shape index (κ1) is 14.9.